The van der Waals surface area contributed by atoms with Gasteiger partial charge in [0.2, 0.25) is 0 Å². The summed E-state index contributed by atoms with van der Waals surface area (Å²) in [6.07, 6.45) is 5.91. The molecule has 6 heteroatoms. The molecule has 1 atom stereocenters. The summed E-state index contributed by atoms with van der Waals surface area (Å²) < 4.78 is 12.8. The van der Waals surface area contributed by atoms with Crippen LogP contribution in [0.15, 0.2) is 48.5 Å². The molecule has 6 nitrogen and oxygen atoms in total. The average molecular weight is 573 g/mol. The summed E-state index contributed by atoms with van der Waals surface area (Å²) in [4.78, 5) is 2.54. The summed E-state index contributed by atoms with van der Waals surface area (Å²) >= 11 is 0. The van der Waals surface area contributed by atoms with Crippen LogP contribution in [-0.2, 0) is 19.4 Å². The van der Waals surface area contributed by atoms with Crippen LogP contribution in [0, 0.1) is 6.92 Å². The second kappa shape index (κ2) is 13.5. The molecule has 1 aliphatic heterocycles. The molecule has 0 saturated carbocycles. The first-order valence-corrected chi connectivity index (χ1v) is 15.7. The van der Waals surface area contributed by atoms with Gasteiger partial charge in [0.25, 0.3) is 0 Å². The summed E-state index contributed by atoms with van der Waals surface area (Å²) in [6.45, 7) is 13.2. The van der Waals surface area contributed by atoms with E-state index in [9.17, 15) is 5.11 Å². The lowest BCUT2D eigenvalue weighted by Crippen LogP contribution is -2.55. The molecule has 1 saturated heterocycles. The largest absolute Gasteiger partial charge is 0.504 e. The number of aliphatic hydroxyl groups is 1. The van der Waals surface area contributed by atoms with Gasteiger partial charge in [-0.05, 0) is 110 Å². The molecule has 1 heterocycles. The van der Waals surface area contributed by atoms with Crippen molar-refractivity contribution >= 4 is 0 Å². The van der Waals surface area contributed by atoms with E-state index >= 15 is 0 Å². The summed E-state index contributed by atoms with van der Waals surface area (Å²) in [6, 6.07) is 16.7. The number of fused-ring (bicyclic) bond motifs is 1. The minimum atomic E-state index is -0.107. The van der Waals surface area contributed by atoms with Crippen molar-refractivity contribution in [3.63, 3.8) is 0 Å². The molecule has 0 radical (unpaired) electrons. The standard InChI is InChI=1S/C36H48N2O4/c1-5-9-26-23-35(32(40)22-27(26)24-37-17-20-39)42-34-15-14-30-29(11-6-12-31(30)34)28-10-7-13-33(25(28)2)41-21-8-18-38-19-16-36(38,3)4/h6-7,10-13,22-23,34,37,39-40H,5,8-9,14-21,24H2,1-4H3/t34-/m0/s1. The zero-order valence-corrected chi connectivity index (χ0v) is 25.8. The number of hydrogen-bond donors (Lipinski definition) is 3. The van der Waals surface area contributed by atoms with Crippen molar-refractivity contribution in [3.05, 3.63) is 76.3 Å². The van der Waals surface area contributed by atoms with Gasteiger partial charge in [0.1, 0.15) is 11.9 Å². The molecule has 0 spiro atoms. The van der Waals surface area contributed by atoms with Crippen molar-refractivity contribution in [1.29, 1.82) is 0 Å². The summed E-state index contributed by atoms with van der Waals surface area (Å²) in [5.41, 5.74) is 8.69. The maximum Gasteiger partial charge on any atom is 0.162 e. The Balaban J connectivity index is 1.30. The van der Waals surface area contributed by atoms with Crippen molar-refractivity contribution < 1.29 is 19.7 Å². The lowest BCUT2D eigenvalue weighted by molar-refractivity contribution is 0.0123. The maximum atomic E-state index is 10.9. The van der Waals surface area contributed by atoms with E-state index in [1.165, 1.54) is 46.3 Å². The van der Waals surface area contributed by atoms with E-state index in [1.807, 2.05) is 12.1 Å². The highest BCUT2D eigenvalue weighted by Crippen LogP contribution is 2.43. The first-order valence-electron chi connectivity index (χ1n) is 15.7. The Morgan fingerprint density at radius 2 is 1.86 bits per heavy atom. The van der Waals surface area contributed by atoms with Crippen molar-refractivity contribution in [1.82, 2.24) is 10.2 Å². The zero-order chi connectivity index (χ0) is 29.7. The summed E-state index contributed by atoms with van der Waals surface area (Å²) in [7, 11) is 0. The van der Waals surface area contributed by atoms with Gasteiger partial charge in [-0.1, -0.05) is 43.7 Å². The molecule has 0 amide bonds. The number of benzene rings is 3. The first-order chi connectivity index (χ1) is 20.3. The molecule has 42 heavy (non-hydrogen) atoms. The van der Waals surface area contributed by atoms with Gasteiger partial charge in [-0.15, -0.1) is 0 Å². The summed E-state index contributed by atoms with van der Waals surface area (Å²) in [5, 5.41) is 23.2. The molecule has 0 unspecified atom stereocenters. The van der Waals surface area contributed by atoms with Gasteiger partial charge in [-0.3, -0.25) is 4.90 Å². The van der Waals surface area contributed by atoms with Crippen LogP contribution in [0.4, 0.5) is 0 Å². The monoisotopic (exact) mass is 572 g/mol. The molecule has 0 aromatic heterocycles. The molecule has 0 bridgehead atoms. The Hall–Kier alpha value is -3.06. The number of nitrogens with zero attached hydrogens (tertiary/aromatic N) is 1. The van der Waals surface area contributed by atoms with Gasteiger partial charge in [0.05, 0.1) is 13.2 Å². The van der Waals surface area contributed by atoms with Gasteiger partial charge in [-0.25, -0.2) is 0 Å². The van der Waals surface area contributed by atoms with Crippen molar-refractivity contribution in [3.8, 4) is 28.4 Å². The number of phenols is 1. The minimum Gasteiger partial charge on any atom is -0.504 e. The molecular weight excluding hydrogens is 524 g/mol. The lowest BCUT2D eigenvalue weighted by atomic mass is 9.89. The Bertz CT molecular complexity index is 1370. The van der Waals surface area contributed by atoms with Gasteiger partial charge < -0.3 is 25.0 Å². The molecule has 1 aliphatic carbocycles. The number of ether oxygens (including phenoxy) is 2. The van der Waals surface area contributed by atoms with Crippen LogP contribution < -0.4 is 14.8 Å². The fraction of sp³-hybridized carbons (Fsp3) is 0.500. The Kier molecular flexibility index (Phi) is 9.77. The number of likely N-dealkylation sites (tertiary alicyclic amines) is 1. The third-order valence-electron chi connectivity index (χ3n) is 9.14. The fourth-order valence-corrected chi connectivity index (χ4v) is 6.49. The fourth-order valence-electron chi connectivity index (χ4n) is 6.49. The number of hydrogen-bond acceptors (Lipinski definition) is 6. The number of nitrogens with one attached hydrogen (secondary N) is 1. The van der Waals surface area contributed by atoms with Crippen molar-refractivity contribution in [2.75, 3.05) is 32.8 Å². The molecule has 2 aliphatic rings. The van der Waals surface area contributed by atoms with Crippen LogP contribution in [0.1, 0.15) is 80.4 Å². The average Bonchev–Trinajstić information content (AvgIpc) is 3.38. The van der Waals surface area contributed by atoms with Crippen LogP contribution in [0.2, 0.25) is 0 Å². The predicted octanol–water partition coefficient (Wildman–Crippen LogP) is 6.72. The third-order valence-corrected chi connectivity index (χ3v) is 9.14. The van der Waals surface area contributed by atoms with E-state index < -0.39 is 0 Å². The maximum absolute atomic E-state index is 10.9. The second-order valence-corrected chi connectivity index (χ2v) is 12.4. The number of aliphatic hydroxyl groups excluding tert-OH is 1. The van der Waals surface area contributed by atoms with Gasteiger partial charge in [0, 0.05) is 31.7 Å². The van der Waals surface area contributed by atoms with Crippen LogP contribution in [0.5, 0.6) is 17.2 Å². The molecule has 3 aromatic rings. The highest BCUT2D eigenvalue weighted by molar-refractivity contribution is 5.74. The van der Waals surface area contributed by atoms with Gasteiger partial charge >= 0.3 is 0 Å². The van der Waals surface area contributed by atoms with Gasteiger partial charge in [-0.2, -0.15) is 0 Å². The summed E-state index contributed by atoms with van der Waals surface area (Å²) in [5.74, 6) is 1.67. The molecule has 1 fully saturated rings. The number of aryl methyl sites for hydroxylation is 1. The van der Waals surface area contributed by atoms with E-state index in [-0.39, 0.29) is 18.5 Å². The molecule has 5 rings (SSSR count). The van der Waals surface area contributed by atoms with E-state index in [0.717, 1.165) is 56.6 Å². The van der Waals surface area contributed by atoms with E-state index in [4.69, 9.17) is 14.6 Å². The second-order valence-electron chi connectivity index (χ2n) is 12.4. The smallest absolute Gasteiger partial charge is 0.162 e. The highest BCUT2D eigenvalue weighted by atomic mass is 16.5. The van der Waals surface area contributed by atoms with Crippen LogP contribution in [0.25, 0.3) is 11.1 Å². The van der Waals surface area contributed by atoms with Crippen molar-refractivity contribution in [2.24, 2.45) is 0 Å². The third kappa shape index (κ3) is 6.61. The minimum absolute atomic E-state index is 0.0910. The normalized spacial score (nSPS) is 17.6. The van der Waals surface area contributed by atoms with Crippen LogP contribution in [0.3, 0.4) is 0 Å². The van der Waals surface area contributed by atoms with Gasteiger partial charge in [0.15, 0.2) is 11.5 Å². The van der Waals surface area contributed by atoms with E-state index in [2.05, 4.69) is 74.3 Å². The highest BCUT2D eigenvalue weighted by Gasteiger charge is 2.34. The Morgan fingerprint density at radius 1 is 1.05 bits per heavy atom. The van der Waals surface area contributed by atoms with E-state index in [1.54, 1.807) is 0 Å². The Labute approximate surface area is 251 Å². The molecular formula is C36H48N2O4. The van der Waals surface area contributed by atoms with Crippen LogP contribution >= 0.6 is 0 Å². The topological polar surface area (TPSA) is 74.2 Å². The van der Waals surface area contributed by atoms with Crippen LogP contribution in [-0.4, -0.2) is 53.5 Å². The lowest BCUT2D eigenvalue weighted by Gasteiger charge is -2.48. The predicted molar refractivity (Wildman–Crippen MR) is 170 cm³/mol. The number of aromatic hydroxyl groups is 1. The number of rotatable bonds is 14. The van der Waals surface area contributed by atoms with Crippen molar-refractivity contribution in [2.45, 2.75) is 84.4 Å². The zero-order valence-electron chi connectivity index (χ0n) is 25.8. The molecule has 226 valence electrons. The quantitative estimate of drug-likeness (QED) is 0.186. The molecule has 3 N–H and O–H groups in total. The first kappa shape index (κ1) is 30.4. The SMILES string of the molecule is CCCc1cc(O[C@H]2CCc3c(-c4cccc(OCCCN5CCC5(C)C)c4C)cccc32)c(O)cc1CNCCO. The number of phenolic OH excluding ortho intramolecular Hbond substituents is 1. The van der Waals surface area contributed by atoms with E-state index in [0.29, 0.717) is 24.4 Å². The molecule has 3 aromatic carbocycles. The Morgan fingerprint density at radius 3 is 2.60 bits per heavy atom.